The van der Waals surface area contributed by atoms with Crippen LogP contribution in [-0.2, 0) is 10.8 Å². The van der Waals surface area contributed by atoms with Crippen molar-refractivity contribution >= 4 is 10.8 Å². The number of hydrogen-bond donors (Lipinski definition) is 2. The first kappa shape index (κ1) is 11.1. The second-order valence-corrected chi connectivity index (χ2v) is 5.27. The monoisotopic (exact) mass is 205 g/mol. The molecule has 0 unspecified atom stereocenters. The fourth-order valence-corrected chi connectivity index (χ4v) is 2.89. The van der Waals surface area contributed by atoms with Crippen LogP contribution in [0.4, 0.5) is 0 Å². The topological polar surface area (TPSA) is 49.3 Å². The molecule has 0 amide bonds. The predicted molar refractivity (Wildman–Crippen MR) is 55.2 cm³/mol. The van der Waals surface area contributed by atoms with Gasteiger partial charge >= 0.3 is 0 Å². The highest BCUT2D eigenvalue weighted by Crippen LogP contribution is 2.10. The van der Waals surface area contributed by atoms with Gasteiger partial charge in [-0.2, -0.15) is 0 Å². The summed E-state index contributed by atoms with van der Waals surface area (Å²) in [6.45, 7) is 2.27. The number of aliphatic hydroxyl groups is 1. The molecule has 0 aromatic heterocycles. The summed E-state index contributed by atoms with van der Waals surface area (Å²) in [5, 5.41) is 12.4. The van der Waals surface area contributed by atoms with E-state index in [1.165, 1.54) is 0 Å². The molecule has 78 valence electrons. The molecular weight excluding hydrogens is 186 g/mol. The van der Waals surface area contributed by atoms with Crippen LogP contribution in [0.5, 0.6) is 0 Å². The van der Waals surface area contributed by atoms with E-state index in [2.05, 4.69) is 12.2 Å². The van der Waals surface area contributed by atoms with Crippen LogP contribution in [0.1, 0.15) is 26.2 Å². The maximum atomic E-state index is 11.1. The molecular formula is C9H19NO2S. The Morgan fingerprint density at radius 3 is 2.62 bits per heavy atom. The molecule has 0 bridgehead atoms. The van der Waals surface area contributed by atoms with Crippen molar-refractivity contribution < 1.29 is 9.32 Å². The number of aliphatic hydroxyl groups excluding tert-OH is 1. The zero-order valence-electron chi connectivity index (χ0n) is 8.16. The molecule has 1 aliphatic heterocycles. The van der Waals surface area contributed by atoms with E-state index < -0.39 is 10.8 Å². The Bertz CT molecular complexity index is 161. The Morgan fingerprint density at radius 2 is 2.15 bits per heavy atom. The van der Waals surface area contributed by atoms with Crippen molar-refractivity contribution in [3.63, 3.8) is 0 Å². The lowest BCUT2D eigenvalue weighted by Gasteiger charge is -2.26. The molecule has 1 aliphatic rings. The highest BCUT2D eigenvalue weighted by atomic mass is 32.2. The lowest BCUT2D eigenvalue weighted by molar-refractivity contribution is 0.224. The summed E-state index contributed by atoms with van der Waals surface area (Å²) >= 11 is 0. The van der Waals surface area contributed by atoms with Crippen LogP contribution in [0.3, 0.4) is 0 Å². The zero-order chi connectivity index (χ0) is 9.68. The molecule has 0 radical (unpaired) electrons. The number of rotatable bonds is 4. The maximum Gasteiger partial charge on any atom is 0.0584 e. The molecule has 1 heterocycles. The van der Waals surface area contributed by atoms with Crippen molar-refractivity contribution in [2.24, 2.45) is 0 Å². The van der Waals surface area contributed by atoms with Crippen LogP contribution in [0, 0.1) is 0 Å². The first-order chi connectivity index (χ1) is 6.26. The summed E-state index contributed by atoms with van der Waals surface area (Å²) < 4.78 is 11.1. The zero-order valence-corrected chi connectivity index (χ0v) is 8.98. The Labute approximate surface area is 82.4 Å². The van der Waals surface area contributed by atoms with Crippen LogP contribution in [0.25, 0.3) is 0 Å². The van der Waals surface area contributed by atoms with Crippen LogP contribution in [0.15, 0.2) is 0 Å². The van der Waals surface area contributed by atoms with E-state index in [-0.39, 0.29) is 12.6 Å². The Morgan fingerprint density at radius 1 is 1.54 bits per heavy atom. The van der Waals surface area contributed by atoms with Gasteiger partial charge in [0.15, 0.2) is 0 Å². The van der Waals surface area contributed by atoms with Gasteiger partial charge < -0.3 is 10.4 Å². The van der Waals surface area contributed by atoms with E-state index in [4.69, 9.17) is 5.11 Å². The van der Waals surface area contributed by atoms with Crippen LogP contribution >= 0.6 is 0 Å². The van der Waals surface area contributed by atoms with Gasteiger partial charge in [0.05, 0.1) is 6.61 Å². The van der Waals surface area contributed by atoms with Crippen molar-refractivity contribution in [1.29, 1.82) is 0 Å². The van der Waals surface area contributed by atoms with Gasteiger partial charge in [-0.15, -0.1) is 0 Å². The van der Waals surface area contributed by atoms with Gasteiger partial charge in [0.2, 0.25) is 0 Å². The van der Waals surface area contributed by atoms with E-state index in [1.54, 1.807) is 0 Å². The van der Waals surface area contributed by atoms with E-state index in [1.807, 2.05) is 0 Å². The van der Waals surface area contributed by atoms with Crippen LogP contribution in [0.2, 0.25) is 0 Å². The summed E-state index contributed by atoms with van der Waals surface area (Å²) in [5.41, 5.74) is 0. The largest absolute Gasteiger partial charge is 0.395 e. The van der Waals surface area contributed by atoms with Crippen molar-refractivity contribution in [2.75, 3.05) is 18.1 Å². The molecule has 1 fully saturated rings. The number of hydrogen-bond acceptors (Lipinski definition) is 3. The van der Waals surface area contributed by atoms with Gasteiger partial charge in [-0.25, -0.2) is 0 Å². The van der Waals surface area contributed by atoms with Gasteiger partial charge in [0.1, 0.15) is 0 Å². The van der Waals surface area contributed by atoms with Gasteiger partial charge in [0, 0.05) is 34.4 Å². The van der Waals surface area contributed by atoms with E-state index in [0.717, 1.165) is 30.8 Å². The molecule has 2 N–H and O–H groups in total. The first-order valence-corrected chi connectivity index (χ1v) is 6.47. The molecule has 4 heteroatoms. The maximum absolute atomic E-state index is 11.1. The van der Waals surface area contributed by atoms with Crippen molar-refractivity contribution in [3.05, 3.63) is 0 Å². The van der Waals surface area contributed by atoms with E-state index in [9.17, 15) is 4.21 Å². The average Bonchev–Trinajstić information content (AvgIpc) is 2.17. The third-order valence-corrected chi connectivity index (χ3v) is 3.95. The summed E-state index contributed by atoms with van der Waals surface area (Å²) in [6, 6.07) is 0.686. The molecule has 0 aromatic carbocycles. The third kappa shape index (κ3) is 3.75. The van der Waals surface area contributed by atoms with Gasteiger partial charge in [-0.05, 0) is 19.3 Å². The normalized spacial score (nSPS) is 31.5. The second kappa shape index (κ2) is 5.73. The highest BCUT2D eigenvalue weighted by molar-refractivity contribution is 7.85. The predicted octanol–water partition coefficient (Wildman–Crippen LogP) is 0.258. The van der Waals surface area contributed by atoms with Crippen LogP contribution in [-0.4, -0.2) is 39.5 Å². The average molecular weight is 205 g/mol. The SMILES string of the molecule is CC[C@@H](CO)NC1CCS(=O)CC1. The molecule has 1 atom stereocenters. The molecule has 0 spiro atoms. The van der Waals surface area contributed by atoms with Crippen LogP contribution < -0.4 is 5.32 Å². The minimum absolute atomic E-state index is 0.204. The lowest BCUT2D eigenvalue weighted by Crippen LogP contribution is -2.43. The fraction of sp³-hybridized carbons (Fsp3) is 1.00. The highest BCUT2D eigenvalue weighted by Gasteiger charge is 2.19. The summed E-state index contributed by atoms with van der Waals surface area (Å²) in [7, 11) is -0.582. The Hall–Kier alpha value is 0.0700. The second-order valence-electron chi connectivity index (χ2n) is 3.58. The minimum atomic E-state index is -0.582. The quantitative estimate of drug-likeness (QED) is 0.692. The Balaban J connectivity index is 2.24. The van der Waals surface area contributed by atoms with Gasteiger partial charge in [-0.1, -0.05) is 6.92 Å². The third-order valence-electron chi connectivity index (χ3n) is 2.57. The molecule has 3 nitrogen and oxygen atoms in total. The minimum Gasteiger partial charge on any atom is -0.395 e. The van der Waals surface area contributed by atoms with E-state index in [0.29, 0.717) is 6.04 Å². The molecule has 13 heavy (non-hydrogen) atoms. The van der Waals surface area contributed by atoms with Crippen molar-refractivity contribution in [1.82, 2.24) is 5.32 Å². The molecule has 1 saturated heterocycles. The smallest absolute Gasteiger partial charge is 0.0584 e. The summed E-state index contributed by atoms with van der Waals surface area (Å²) in [4.78, 5) is 0. The summed E-state index contributed by atoms with van der Waals surface area (Å²) in [6.07, 6.45) is 2.93. The molecule has 0 saturated carbocycles. The van der Waals surface area contributed by atoms with Crippen molar-refractivity contribution in [2.45, 2.75) is 38.3 Å². The number of nitrogens with one attached hydrogen (secondary N) is 1. The van der Waals surface area contributed by atoms with E-state index >= 15 is 0 Å². The standard InChI is InChI=1S/C9H19NO2S/c1-2-8(7-11)10-9-3-5-13(12)6-4-9/h8-11H,2-7H2,1H3/t8-,9?,13?/m0/s1. The molecule has 0 aromatic rings. The molecule has 1 rings (SSSR count). The summed E-state index contributed by atoms with van der Waals surface area (Å²) in [5.74, 6) is 1.64. The van der Waals surface area contributed by atoms with Crippen molar-refractivity contribution in [3.8, 4) is 0 Å². The first-order valence-electron chi connectivity index (χ1n) is 4.98. The van der Waals surface area contributed by atoms with Gasteiger partial charge in [0.25, 0.3) is 0 Å². The fourth-order valence-electron chi connectivity index (χ4n) is 1.59. The molecule has 0 aliphatic carbocycles. The van der Waals surface area contributed by atoms with Gasteiger partial charge in [-0.3, -0.25) is 4.21 Å². The Kier molecular flexibility index (Phi) is 4.91. The lowest BCUT2D eigenvalue weighted by atomic mass is 10.1.